The second kappa shape index (κ2) is 8.46. The molecule has 2 heterocycles. The SMILES string of the molecule is CNCC(=O)NCC(=O)Oc1ccc2nc(C3=NC(C(=O)O)CS3)sc2c1. The number of hydrogen-bond acceptors (Lipinski definition) is 9. The van der Waals surface area contributed by atoms with Crippen molar-refractivity contribution in [2.75, 3.05) is 25.9 Å². The number of rotatable bonds is 7. The lowest BCUT2D eigenvalue weighted by atomic mass is 10.3. The molecule has 9 nitrogen and oxygen atoms in total. The topological polar surface area (TPSA) is 130 Å². The van der Waals surface area contributed by atoms with Crippen LogP contribution in [0.2, 0.25) is 0 Å². The average molecular weight is 408 g/mol. The quantitative estimate of drug-likeness (QED) is 0.446. The molecule has 0 spiro atoms. The summed E-state index contributed by atoms with van der Waals surface area (Å²) >= 11 is 2.71. The number of carboxylic acids is 1. The van der Waals surface area contributed by atoms with E-state index in [1.807, 2.05) is 0 Å². The highest BCUT2D eigenvalue weighted by Gasteiger charge is 2.26. The monoisotopic (exact) mass is 408 g/mol. The molecule has 0 aliphatic carbocycles. The predicted octanol–water partition coefficient (Wildman–Crippen LogP) is 0.484. The number of fused-ring (bicyclic) bond motifs is 1. The molecular weight excluding hydrogens is 392 g/mol. The zero-order chi connectivity index (χ0) is 19.4. The number of ether oxygens (including phenoxy) is 1. The van der Waals surface area contributed by atoms with Gasteiger partial charge < -0.3 is 20.5 Å². The predicted molar refractivity (Wildman–Crippen MR) is 103 cm³/mol. The van der Waals surface area contributed by atoms with E-state index < -0.39 is 18.0 Å². The van der Waals surface area contributed by atoms with Crippen LogP contribution in [0.4, 0.5) is 0 Å². The van der Waals surface area contributed by atoms with Crippen molar-refractivity contribution in [3.8, 4) is 5.75 Å². The molecule has 0 radical (unpaired) electrons. The zero-order valence-electron chi connectivity index (χ0n) is 14.2. The van der Waals surface area contributed by atoms with E-state index in [1.165, 1.54) is 23.1 Å². The van der Waals surface area contributed by atoms with Crippen LogP contribution in [0.25, 0.3) is 10.2 Å². The Morgan fingerprint density at radius 2 is 2.15 bits per heavy atom. The fourth-order valence-electron chi connectivity index (χ4n) is 2.24. The van der Waals surface area contributed by atoms with Gasteiger partial charge in [-0.3, -0.25) is 9.79 Å². The van der Waals surface area contributed by atoms with Crippen molar-refractivity contribution >= 4 is 56.2 Å². The molecule has 3 N–H and O–H groups in total. The summed E-state index contributed by atoms with van der Waals surface area (Å²) in [4.78, 5) is 42.8. The summed E-state index contributed by atoms with van der Waals surface area (Å²) in [6.45, 7) is -0.107. The van der Waals surface area contributed by atoms with E-state index in [-0.39, 0.29) is 19.0 Å². The molecule has 0 saturated heterocycles. The Morgan fingerprint density at radius 1 is 1.33 bits per heavy atom. The lowest BCUT2D eigenvalue weighted by Gasteiger charge is -2.05. The molecule has 1 atom stereocenters. The van der Waals surface area contributed by atoms with E-state index in [0.717, 1.165) is 4.70 Å². The Hall–Kier alpha value is -2.50. The Kier molecular flexibility index (Phi) is 6.04. The minimum Gasteiger partial charge on any atom is -0.480 e. The fraction of sp³-hybridized carbons (Fsp3) is 0.312. The number of thioether (sulfide) groups is 1. The largest absolute Gasteiger partial charge is 0.480 e. The molecular formula is C16H16N4O5S2. The maximum Gasteiger partial charge on any atom is 0.330 e. The number of hydrogen-bond donors (Lipinski definition) is 3. The molecule has 142 valence electrons. The maximum atomic E-state index is 11.8. The van der Waals surface area contributed by atoms with E-state index in [9.17, 15) is 14.4 Å². The third-order valence-electron chi connectivity index (χ3n) is 3.48. The summed E-state index contributed by atoms with van der Waals surface area (Å²) in [5.74, 6) is -1.09. The van der Waals surface area contributed by atoms with Gasteiger partial charge in [0.05, 0.1) is 16.8 Å². The summed E-state index contributed by atoms with van der Waals surface area (Å²) in [5.41, 5.74) is 0.708. The highest BCUT2D eigenvalue weighted by atomic mass is 32.2. The van der Waals surface area contributed by atoms with Gasteiger partial charge in [0.1, 0.15) is 22.3 Å². The van der Waals surface area contributed by atoms with E-state index in [1.54, 1.807) is 25.2 Å². The number of aliphatic carboxylic acids is 1. The van der Waals surface area contributed by atoms with Crippen molar-refractivity contribution in [1.82, 2.24) is 15.6 Å². The van der Waals surface area contributed by atoms with Crippen molar-refractivity contribution in [3.63, 3.8) is 0 Å². The molecule has 1 aromatic heterocycles. The van der Waals surface area contributed by atoms with Gasteiger partial charge in [-0.15, -0.1) is 23.1 Å². The van der Waals surface area contributed by atoms with Crippen LogP contribution >= 0.6 is 23.1 Å². The van der Waals surface area contributed by atoms with Crippen LogP contribution in [0.5, 0.6) is 5.75 Å². The molecule has 1 aliphatic heterocycles. The number of nitrogens with zero attached hydrogens (tertiary/aromatic N) is 2. The molecule has 0 saturated carbocycles. The molecule has 0 fully saturated rings. The van der Waals surface area contributed by atoms with E-state index >= 15 is 0 Å². The lowest BCUT2D eigenvalue weighted by Crippen LogP contribution is -2.36. The van der Waals surface area contributed by atoms with Crippen molar-refractivity contribution in [3.05, 3.63) is 23.2 Å². The molecule has 1 unspecified atom stereocenters. The van der Waals surface area contributed by atoms with Crippen molar-refractivity contribution in [2.24, 2.45) is 4.99 Å². The van der Waals surface area contributed by atoms with Gasteiger partial charge in [-0.05, 0) is 19.2 Å². The summed E-state index contributed by atoms with van der Waals surface area (Å²) in [5, 5.41) is 15.4. The van der Waals surface area contributed by atoms with Crippen LogP contribution in [0.15, 0.2) is 23.2 Å². The standard InChI is InChI=1S/C16H16N4O5S2/c1-17-5-12(21)18-6-13(22)25-8-2-3-9-11(4-8)27-15(19-9)14-20-10(7-26-14)16(23)24/h2-4,10,17H,5-7H2,1H3,(H,18,21)(H,23,24). The Bertz CT molecular complexity index is 927. The molecule has 1 amide bonds. The number of likely N-dealkylation sites (N-methyl/N-ethyl adjacent to an activating group) is 1. The third-order valence-corrected chi connectivity index (χ3v) is 5.69. The van der Waals surface area contributed by atoms with Gasteiger partial charge in [0.25, 0.3) is 0 Å². The Morgan fingerprint density at radius 3 is 2.85 bits per heavy atom. The second-order valence-electron chi connectivity index (χ2n) is 5.53. The van der Waals surface area contributed by atoms with Crippen LogP contribution in [0.1, 0.15) is 5.01 Å². The first kappa shape index (κ1) is 19.3. The number of aromatic nitrogens is 1. The van der Waals surface area contributed by atoms with Gasteiger partial charge in [-0.2, -0.15) is 0 Å². The minimum atomic E-state index is -0.949. The first-order chi connectivity index (χ1) is 13.0. The molecule has 2 aromatic rings. The van der Waals surface area contributed by atoms with Gasteiger partial charge in [-0.25, -0.2) is 14.6 Å². The number of thiazole rings is 1. The highest BCUT2D eigenvalue weighted by molar-refractivity contribution is 8.15. The summed E-state index contributed by atoms with van der Waals surface area (Å²) in [6, 6.07) is 4.26. The molecule has 11 heteroatoms. The number of amides is 1. The van der Waals surface area contributed by atoms with Gasteiger partial charge >= 0.3 is 11.9 Å². The van der Waals surface area contributed by atoms with Crippen LogP contribution in [-0.2, 0) is 14.4 Å². The number of carbonyl (C=O) groups is 3. The number of nitrogens with one attached hydrogen (secondary N) is 2. The van der Waals surface area contributed by atoms with Crippen molar-refractivity contribution in [2.45, 2.75) is 6.04 Å². The van der Waals surface area contributed by atoms with Crippen LogP contribution < -0.4 is 15.4 Å². The highest BCUT2D eigenvalue weighted by Crippen LogP contribution is 2.31. The first-order valence-electron chi connectivity index (χ1n) is 7.92. The summed E-state index contributed by atoms with van der Waals surface area (Å²) in [6.07, 6.45) is 0. The van der Waals surface area contributed by atoms with E-state index in [0.29, 0.717) is 27.1 Å². The number of benzene rings is 1. The molecule has 1 aliphatic rings. The Balaban J connectivity index is 1.67. The summed E-state index contributed by atoms with van der Waals surface area (Å²) in [7, 11) is 1.63. The second-order valence-corrected chi connectivity index (χ2v) is 7.57. The number of carbonyl (C=O) groups excluding carboxylic acids is 2. The lowest BCUT2D eigenvalue weighted by molar-refractivity contribution is -0.137. The van der Waals surface area contributed by atoms with E-state index in [2.05, 4.69) is 20.6 Å². The van der Waals surface area contributed by atoms with Crippen LogP contribution in [0.3, 0.4) is 0 Å². The smallest absolute Gasteiger partial charge is 0.330 e. The van der Waals surface area contributed by atoms with Crippen LogP contribution in [0, 0.1) is 0 Å². The van der Waals surface area contributed by atoms with Gasteiger partial charge in [0.2, 0.25) is 5.91 Å². The van der Waals surface area contributed by atoms with Gasteiger partial charge in [-0.1, -0.05) is 0 Å². The summed E-state index contributed by atoms with van der Waals surface area (Å²) < 4.78 is 6.01. The minimum absolute atomic E-state index is 0.119. The first-order valence-corrected chi connectivity index (χ1v) is 9.73. The molecule has 27 heavy (non-hydrogen) atoms. The average Bonchev–Trinajstić information content (AvgIpc) is 3.26. The molecule has 0 bridgehead atoms. The van der Waals surface area contributed by atoms with Crippen molar-refractivity contribution < 1.29 is 24.2 Å². The number of carboxylic acid groups (broad SMARTS) is 1. The van der Waals surface area contributed by atoms with E-state index in [4.69, 9.17) is 9.84 Å². The van der Waals surface area contributed by atoms with Gasteiger partial charge in [0, 0.05) is 11.8 Å². The molecule has 3 rings (SSSR count). The normalized spacial score (nSPS) is 16.2. The zero-order valence-corrected chi connectivity index (χ0v) is 15.9. The number of aliphatic imine (C=N–C) groups is 1. The Labute approximate surface area is 162 Å². The molecule has 1 aromatic carbocycles. The third kappa shape index (κ3) is 4.81. The van der Waals surface area contributed by atoms with Crippen LogP contribution in [-0.4, -0.2) is 64.9 Å². The van der Waals surface area contributed by atoms with Gasteiger partial charge in [0.15, 0.2) is 6.04 Å². The van der Waals surface area contributed by atoms with Crippen molar-refractivity contribution in [1.29, 1.82) is 0 Å². The number of esters is 1. The maximum absolute atomic E-state index is 11.8. The fourth-order valence-corrected chi connectivity index (χ4v) is 4.33.